The Hall–Kier alpha value is -4.71. The maximum absolute atomic E-state index is 12.9. The molecule has 0 amide bonds. The maximum Gasteiger partial charge on any atom is 0.306 e. The molecule has 0 aromatic heterocycles. The minimum absolute atomic E-state index is 0.0924. The molecule has 0 saturated heterocycles. The maximum atomic E-state index is 12.9. The Bertz CT molecular complexity index is 1760. The van der Waals surface area contributed by atoms with E-state index in [0.717, 1.165) is 161 Å². The van der Waals surface area contributed by atoms with Gasteiger partial charge in [-0.1, -0.05) is 282 Å². The number of esters is 3. The summed E-state index contributed by atoms with van der Waals surface area (Å²) in [5, 5.41) is 0. The summed E-state index contributed by atoms with van der Waals surface area (Å²) in [6.07, 6.45) is 97.2. The van der Waals surface area contributed by atoms with Crippen molar-refractivity contribution in [1.82, 2.24) is 0 Å². The van der Waals surface area contributed by atoms with Crippen LogP contribution in [0.1, 0.15) is 290 Å². The molecule has 0 N–H and O–H groups in total. The van der Waals surface area contributed by atoms with Crippen LogP contribution in [0.5, 0.6) is 0 Å². The van der Waals surface area contributed by atoms with Gasteiger partial charge in [-0.15, -0.1) is 0 Å². The summed E-state index contributed by atoms with van der Waals surface area (Å²) in [7, 11) is 0. The molecular formula is C75H122O6. The number of carbonyl (C=O) groups is 3. The fourth-order valence-corrected chi connectivity index (χ4v) is 8.95. The topological polar surface area (TPSA) is 78.9 Å². The second-order valence-electron chi connectivity index (χ2n) is 21.6. The third-order valence-electron chi connectivity index (χ3n) is 13.8. The van der Waals surface area contributed by atoms with E-state index in [1.807, 2.05) is 0 Å². The molecule has 0 radical (unpaired) electrons. The Kier molecular flexibility index (Phi) is 63.9. The molecule has 6 nitrogen and oxygen atoms in total. The first-order chi connectivity index (χ1) is 40.0. The summed E-state index contributed by atoms with van der Waals surface area (Å²) in [5.41, 5.74) is 0. The predicted molar refractivity (Wildman–Crippen MR) is 352 cm³/mol. The number of allylic oxidation sites excluding steroid dienone is 24. The number of carbonyl (C=O) groups excluding carboxylic acids is 3. The molecule has 0 aliphatic heterocycles. The predicted octanol–water partition coefficient (Wildman–Crippen LogP) is 23.1. The molecule has 0 bridgehead atoms. The van der Waals surface area contributed by atoms with Gasteiger partial charge in [0.15, 0.2) is 6.10 Å². The Balaban J connectivity index is 4.31. The molecular weight excluding hydrogens is 997 g/mol. The molecule has 0 saturated carbocycles. The van der Waals surface area contributed by atoms with Crippen LogP contribution in [0, 0.1) is 0 Å². The van der Waals surface area contributed by atoms with Crippen LogP contribution in [-0.4, -0.2) is 37.2 Å². The van der Waals surface area contributed by atoms with Crippen molar-refractivity contribution in [3.8, 4) is 0 Å². The van der Waals surface area contributed by atoms with Crippen LogP contribution in [-0.2, 0) is 28.6 Å². The van der Waals surface area contributed by atoms with Gasteiger partial charge in [0.25, 0.3) is 0 Å². The van der Waals surface area contributed by atoms with Crippen LogP contribution >= 0.6 is 0 Å². The normalized spacial score (nSPS) is 13.1. The molecule has 458 valence electrons. The molecule has 6 heteroatoms. The van der Waals surface area contributed by atoms with Crippen LogP contribution in [0.2, 0.25) is 0 Å². The monoisotopic (exact) mass is 1120 g/mol. The van der Waals surface area contributed by atoms with Gasteiger partial charge in [0.05, 0.1) is 0 Å². The summed E-state index contributed by atoms with van der Waals surface area (Å²) in [5.74, 6) is -0.919. The van der Waals surface area contributed by atoms with Crippen molar-refractivity contribution >= 4 is 17.9 Å². The highest BCUT2D eigenvalue weighted by molar-refractivity contribution is 5.71. The smallest absolute Gasteiger partial charge is 0.306 e. The quantitative estimate of drug-likeness (QED) is 0.0261. The highest BCUT2D eigenvalue weighted by Crippen LogP contribution is 2.16. The Labute approximate surface area is 499 Å². The molecule has 0 heterocycles. The summed E-state index contributed by atoms with van der Waals surface area (Å²) in [6.45, 7) is 6.29. The molecule has 0 aliphatic rings. The average Bonchev–Trinajstić information content (AvgIpc) is 3.47. The Morgan fingerprint density at radius 2 is 0.444 bits per heavy atom. The summed E-state index contributed by atoms with van der Waals surface area (Å²) >= 11 is 0. The lowest BCUT2D eigenvalue weighted by Crippen LogP contribution is -2.30. The summed E-state index contributed by atoms with van der Waals surface area (Å²) in [6, 6.07) is 0. The second kappa shape index (κ2) is 67.8. The van der Waals surface area contributed by atoms with Gasteiger partial charge < -0.3 is 14.2 Å². The van der Waals surface area contributed by atoms with Crippen molar-refractivity contribution in [2.45, 2.75) is 297 Å². The van der Waals surface area contributed by atoms with Crippen molar-refractivity contribution in [3.63, 3.8) is 0 Å². The lowest BCUT2D eigenvalue weighted by molar-refractivity contribution is -0.167. The van der Waals surface area contributed by atoms with Crippen LogP contribution in [0.15, 0.2) is 146 Å². The lowest BCUT2D eigenvalue weighted by atomic mass is 10.0. The van der Waals surface area contributed by atoms with Gasteiger partial charge in [-0.05, 0) is 135 Å². The van der Waals surface area contributed by atoms with E-state index in [2.05, 4.69) is 167 Å². The van der Waals surface area contributed by atoms with Crippen molar-refractivity contribution in [2.24, 2.45) is 0 Å². The van der Waals surface area contributed by atoms with Crippen LogP contribution < -0.4 is 0 Å². The van der Waals surface area contributed by atoms with Crippen LogP contribution in [0.3, 0.4) is 0 Å². The van der Waals surface area contributed by atoms with Crippen molar-refractivity contribution in [1.29, 1.82) is 0 Å². The van der Waals surface area contributed by atoms with E-state index in [1.54, 1.807) is 0 Å². The lowest BCUT2D eigenvalue weighted by Gasteiger charge is -2.18. The van der Waals surface area contributed by atoms with E-state index in [4.69, 9.17) is 14.2 Å². The van der Waals surface area contributed by atoms with Gasteiger partial charge in [-0.2, -0.15) is 0 Å². The number of ether oxygens (including phenoxy) is 3. The fourth-order valence-electron chi connectivity index (χ4n) is 8.95. The first-order valence-electron chi connectivity index (χ1n) is 33.3. The van der Waals surface area contributed by atoms with E-state index in [-0.39, 0.29) is 31.1 Å². The zero-order chi connectivity index (χ0) is 58.5. The number of hydrogen-bond acceptors (Lipinski definition) is 6. The SMILES string of the molecule is CC/C=C\C/C=C\C/C=C\C/C=C\C/C=C\C/C=C\CCCCCCCCCCCCCCC(=O)OCC(COC(=O)CCCCCCC/C=C\C/C=C\C/C=C\CC)OC(=O)CCCCCCCCC/C=C\C/C=C\C/C=C\CC. The fraction of sp³-hybridized carbons (Fsp3) is 0.640. The van der Waals surface area contributed by atoms with Crippen LogP contribution in [0.25, 0.3) is 0 Å². The Morgan fingerprint density at radius 3 is 0.691 bits per heavy atom. The molecule has 0 rings (SSSR count). The number of unbranched alkanes of at least 4 members (excludes halogenated alkanes) is 24. The van der Waals surface area contributed by atoms with Gasteiger partial charge >= 0.3 is 17.9 Å². The van der Waals surface area contributed by atoms with Crippen LogP contribution in [0.4, 0.5) is 0 Å². The van der Waals surface area contributed by atoms with Crippen molar-refractivity contribution in [3.05, 3.63) is 146 Å². The largest absolute Gasteiger partial charge is 0.462 e. The number of rotatable bonds is 59. The molecule has 0 aromatic rings. The third kappa shape index (κ3) is 66.0. The number of hydrogen-bond donors (Lipinski definition) is 0. The minimum atomic E-state index is -0.798. The average molecular weight is 1120 g/mol. The van der Waals surface area contributed by atoms with Gasteiger partial charge in [0.2, 0.25) is 0 Å². The Morgan fingerprint density at radius 1 is 0.247 bits per heavy atom. The van der Waals surface area contributed by atoms with Crippen molar-refractivity contribution < 1.29 is 28.6 Å². The van der Waals surface area contributed by atoms with E-state index in [9.17, 15) is 14.4 Å². The minimum Gasteiger partial charge on any atom is -0.462 e. The second-order valence-corrected chi connectivity index (χ2v) is 21.6. The molecule has 1 atom stereocenters. The van der Waals surface area contributed by atoms with E-state index in [0.29, 0.717) is 19.3 Å². The standard InChI is InChI=1S/C75H122O6/c1-4-7-10-13-16-19-22-25-28-30-31-32-33-34-35-36-37-38-39-40-41-42-43-45-47-50-53-56-59-62-65-68-74(77)80-71-72(70-79-73(76)67-64-61-58-55-52-49-46-27-24-21-18-15-12-9-6-3)81-75(78)69-66-63-60-57-54-51-48-44-29-26-23-20-17-14-11-8-5-2/h7-12,16-21,25-29,31-32,34-35,37-38,46,72H,4-6,13-15,22-24,30,33,36,39-45,47-71H2,1-3H3/b10-7-,11-8-,12-9-,19-16-,20-17-,21-18-,28-25-,29-26-,32-31-,35-34-,38-37-,46-27-. The highest BCUT2D eigenvalue weighted by Gasteiger charge is 2.19. The zero-order valence-electron chi connectivity index (χ0n) is 52.5. The summed E-state index contributed by atoms with van der Waals surface area (Å²) in [4.78, 5) is 38.4. The highest BCUT2D eigenvalue weighted by atomic mass is 16.6. The molecule has 0 aliphatic carbocycles. The van der Waals surface area contributed by atoms with Gasteiger partial charge in [0.1, 0.15) is 13.2 Å². The van der Waals surface area contributed by atoms with Gasteiger partial charge in [0, 0.05) is 19.3 Å². The van der Waals surface area contributed by atoms with E-state index >= 15 is 0 Å². The van der Waals surface area contributed by atoms with E-state index < -0.39 is 6.10 Å². The molecule has 0 spiro atoms. The first-order valence-corrected chi connectivity index (χ1v) is 33.3. The summed E-state index contributed by atoms with van der Waals surface area (Å²) < 4.78 is 16.9. The van der Waals surface area contributed by atoms with Gasteiger partial charge in [-0.25, -0.2) is 0 Å². The molecule has 1 unspecified atom stereocenters. The molecule has 81 heavy (non-hydrogen) atoms. The third-order valence-corrected chi connectivity index (χ3v) is 13.8. The molecule has 0 aromatic carbocycles. The molecule has 0 fully saturated rings. The first kappa shape index (κ1) is 76.3. The zero-order valence-corrected chi connectivity index (χ0v) is 52.5. The van der Waals surface area contributed by atoms with Gasteiger partial charge in [-0.3, -0.25) is 14.4 Å². The van der Waals surface area contributed by atoms with Crippen molar-refractivity contribution in [2.75, 3.05) is 13.2 Å². The van der Waals surface area contributed by atoms with E-state index in [1.165, 1.54) is 89.9 Å².